The molecule has 0 saturated carbocycles. The van der Waals surface area contributed by atoms with E-state index in [1.54, 1.807) is 6.07 Å². The van der Waals surface area contributed by atoms with Gasteiger partial charge in [0.05, 0.1) is 23.4 Å². The van der Waals surface area contributed by atoms with Crippen LogP contribution in [0.25, 0.3) is 0 Å². The summed E-state index contributed by atoms with van der Waals surface area (Å²) in [5.74, 6) is 0. The molecule has 0 bridgehead atoms. The van der Waals surface area contributed by atoms with Crippen molar-refractivity contribution in [1.82, 2.24) is 0 Å². The Morgan fingerprint density at radius 2 is 2.05 bits per heavy atom. The van der Waals surface area contributed by atoms with Gasteiger partial charge in [0.1, 0.15) is 0 Å². The lowest BCUT2D eigenvalue weighted by Gasteiger charge is -2.43. The number of ether oxygens (including phenoxy) is 1. The molecule has 0 aromatic heterocycles. The summed E-state index contributed by atoms with van der Waals surface area (Å²) in [7, 11) is 0. The van der Waals surface area contributed by atoms with E-state index in [-0.39, 0.29) is 0 Å². The number of benzene rings is 1. The minimum Gasteiger partial charge on any atom is -0.385 e. The molecular weight excluding hydrogens is 269 g/mol. The zero-order chi connectivity index (χ0) is 15.0. The Morgan fingerprint density at radius 1 is 1.35 bits per heavy atom. The fourth-order valence-corrected chi connectivity index (χ4v) is 2.68. The number of hydrogen-bond acceptors (Lipinski definition) is 2. The summed E-state index contributed by atoms with van der Waals surface area (Å²) in [4.78, 5) is 0. The average molecular weight is 288 g/mol. The molecule has 2 rings (SSSR count). The SMILES string of the molecule is CCC1(C)CC(O)(c2cccc(C(F)(F)F)c2)CCO1. The Kier molecular flexibility index (Phi) is 3.86. The molecule has 1 aliphatic rings. The predicted octanol–water partition coefficient (Wildman–Crippen LogP) is 3.87. The van der Waals surface area contributed by atoms with Gasteiger partial charge in [-0.05, 0) is 31.0 Å². The fraction of sp³-hybridized carbons (Fsp3) is 0.600. The maximum atomic E-state index is 12.8. The van der Waals surface area contributed by atoms with Gasteiger partial charge in [0.2, 0.25) is 0 Å². The highest BCUT2D eigenvalue weighted by atomic mass is 19.4. The standard InChI is InChI=1S/C15H19F3O2/c1-3-13(2)10-14(19,7-8-20-13)11-5-4-6-12(9-11)15(16,17)18/h4-6,9,19H,3,7-8,10H2,1-2H3. The van der Waals surface area contributed by atoms with Crippen LogP contribution in [0.15, 0.2) is 24.3 Å². The van der Waals surface area contributed by atoms with Gasteiger partial charge < -0.3 is 9.84 Å². The van der Waals surface area contributed by atoms with Gasteiger partial charge in [-0.15, -0.1) is 0 Å². The molecular formula is C15H19F3O2. The van der Waals surface area contributed by atoms with Crippen molar-refractivity contribution in [2.24, 2.45) is 0 Å². The second-order valence-electron chi connectivity index (χ2n) is 5.69. The van der Waals surface area contributed by atoms with Crippen molar-refractivity contribution in [3.8, 4) is 0 Å². The molecule has 1 fully saturated rings. The number of halogens is 3. The van der Waals surface area contributed by atoms with Gasteiger partial charge in [-0.1, -0.05) is 19.1 Å². The third kappa shape index (κ3) is 2.99. The largest absolute Gasteiger partial charge is 0.416 e. The lowest BCUT2D eigenvalue weighted by molar-refractivity contribution is -0.158. The summed E-state index contributed by atoms with van der Waals surface area (Å²) >= 11 is 0. The van der Waals surface area contributed by atoms with Crippen molar-refractivity contribution < 1.29 is 23.0 Å². The zero-order valence-electron chi connectivity index (χ0n) is 11.6. The van der Waals surface area contributed by atoms with Crippen LogP contribution in [0.2, 0.25) is 0 Å². The Morgan fingerprint density at radius 3 is 2.65 bits per heavy atom. The van der Waals surface area contributed by atoms with Gasteiger partial charge in [-0.2, -0.15) is 13.2 Å². The molecule has 0 amide bonds. The van der Waals surface area contributed by atoms with Gasteiger partial charge in [-0.25, -0.2) is 0 Å². The van der Waals surface area contributed by atoms with Crippen molar-refractivity contribution in [3.63, 3.8) is 0 Å². The molecule has 1 aliphatic heterocycles. The first-order valence-corrected chi connectivity index (χ1v) is 6.73. The molecule has 2 nitrogen and oxygen atoms in total. The van der Waals surface area contributed by atoms with E-state index in [0.29, 0.717) is 31.4 Å². The zero-order valence-corrected chi connectivity index (χ0v) is 11.6. The minimum absolute atomic E-state index is 0.303. The molecule has 0 radical (unpaired) electrons. The maximum absolute atomic E-state index is 12.8. The third-order valence-corrected chi connectivity index (χ3v) is 4.11. The molecule has 2 unspecified atom stereocenters. The van der Waals surface area contributed by atoms with E-state index >= 15 is 0 Å². The number of alkyl halides is 3. The first kappa shape index (κ1) is 15.3. The Balaban J connectivity index is 2.35. The van der Waals surface area contributed by atoms with Gasteiger partial charge in [-0.3, -0.25) is 0 Å². The van der Waals surface area contributed by atoms with Crippen LogP contribution in [-0.4, -0.2) is 17.3 Å². The molecule has 5 heteroatoms. The summed E-state index contributed by atoms with van der Waals surface area (Å²) in [6.45, 7) is 4.17. The highest BCUT2D eigenvalue weighted by Crippen LogP contribution is 2.42. The fourth-order valence-electron chi connectivity index (χ4n) is 2.68. The van der Waals surface area contributed by atoms with Crippen molar-refractivity contribution in [3.05, 3.63) is 35.4 Å². The van der Waals surface area contributed by atoms with Crippen LogP contribution >= 0.6 is 0 Å². The topological polar surface area (TPSA) is 29.5 Å². The van der Waals surface area contributed by atoms with Crippen molar-refractivity contribution in [2.75, 3.05) is 6.61 Å². The van der Waals surface area contributed by atoms with E-state index in [1.165, 1.54) is 6.07 Å². The van der Waals surface area contributed by atoms with Gasteiger partial charge >= 0.3 is 6.18 Å². The van der Waals surface area contributed by atoms with Crippen LogP contribution in [-0.2, 0) is 16.5 Å². The number of hydrogen-bond donors (Lipinski definition) is 1. The second-order valence-corrected chi connectivity index (χ2v) is 5.69. The van der Waals surface area contributed by atoms with Crippen LogP contribution in [0.4, 0.5) is 13.2 Å². The smallest absolute Gasteiger partial charge is 0.385 e. The van der Waals surface area contributed by atoms with E-state index in [9.17, 15) is 18.3 Å². The summed E-state index contributed by atoms with van der Waals surface area (Å²) in [6.07, 6.45) is -3.08. The Bertz CT molecular complexity index is 486. The third-order valence-electron chi connectivity index (χ3n) is 4.11. The lowest BCUT2D eigenvalue weighted by Crippen LogP contribution is -2.45. The molecule has 0 aliphatic carbocycles. The molecule has 1 saturated heterocycles. The van der Waals surface area contributed by atoms with Crippen molar-refractivity contribution in [1.29, 1.82) is 0 Å². The van der Waals surface area contributed by atoms with Crippen molar-refractivity contribution >= 4 is 0 Å². The molecule has 2 atom stereocenters. The van der Waals surface area contributed by atoms with E-state index < -0.39 is 22.9 Å². The summed E-state index contributed by atoms with van der Waals surface area (Å²) in [5.41, 5.74) is -2.17. The van der Waals surface area contributed by atoms with Crippen LogP contribution in [0.5, 0.6) is 0 Å². The lowest BCUT2D eigenvalue weighted by atomic mass is 9.77. The molecule has 0 spiro atoms. The summed E-state index contributed by atoms with van der Waals surface area (Å²) < 4.78 is 44.0. The van der Waals surface area contributed by atoms with Gasteiger partial charge in [0, 0.05) is 12.8 Å². The Labute approximate surface area is 116 Å². The van der Waals surface area contributed by atoms with Crippen molar-refractivity contribution in [2.45, 2.75) is 50.5 Å². The van der Waals surface area contributed by atoms with E-state index in [4.69, 9.17) is 4.74 Å². The minimum atomic E-state index is -4.40. The number of aliphatic hydroxyl groups is 1. The number of rotatable bonds is 2. The highest BCUT2D eigenvalue weighted by molar-refractivity contribution is 5.30. The molecule has 1 aromatic rings. The van der Waals surface area contributed by atoms with Crippen LogP contribution in [0.1, 0.15) is 44.2 Å². The predicted molar refractivity (Wildman–Crippen MR) is 69.2 cm³/mol. The van der Waals surface area contributed by atoms with E-state index in [0.717, 1.165) is 12.1 Å². The quantitative estimate of drug-likeness (QED) is 0.895. The molecule has 20 heavy (non-hydrogen) atoms. The van der Waals surface area contributed by atoms with Crippen LogP contribution in [0.3, 0.4) is 0 Å². The summed E-state index contributed by atoms with van der Waals surface area (Å²) in [5, 5.41) is 10.8. The highest BCUT2D eigenvalue weighted by Gasteiger charge is 2.43. The summed E-state index contributed by atoms with van der Waals surface area (Å²) in [6, 6.07) is 4.96. The average Bonchev–Trinajstić information content (AvgIpc) is 2.38. The maximum Gasteiger partial charge on any atom is 0.416 e. The van der Waals surface area contributed by atoms with Crippen LogP contribution in [0, 0.1) is 0 Å². The molecule has 1 N–H and O–H groups in total. The first-order chi connectivity index (χ1) is 9.19. The van der Waals surface area contributed by atoms with E-state index in [1.807, 2.05) is 13.8 Å². The Hall–Kier alpha value is -1.07. The molecule has 1 aromatic carbocycles. The monoisotopic (exact) mass is 288 g/mol. The van der Waals surface area contributed by atoms with E-state index in [2.05, 4.69) is 0 Å². The first-order valence-electron chi connectivity index (χ1n) is 6.73. The van der Waals surface area contributed by atoms with Gasteiger partial charge in [0.15, 0.2) is 0 Å². The molecule has 112 valence electrons. The second kappa shape index (κ2) is 5.04. The van der Waals surface area contributed by atoms with Crippen LogP contribution < -0.4 is 0 Å². The molecule has 1 heterocycles. The van der Waals surface area contributed by atoms with Gasteiger partial charge in [0.25, 0.3) is 0 Å². The normalized spacial score (nSPS) is 31.3.